The van der Waals surface area contributed by atoms with Crippen LogP contribution >= 0.6 is 0 Å². The third kappa shape index (κ3) is 3.10. The maximum atomic E-state index is 12.8. The van der Waals surface area contributed by atoms with Crippen LogP contribution in [0.3, 0.4) is 0 Å². The van der Waals surface area contributed by atoms with Gasteiger partial charge in [-0.25, -0.2) is 19.9 Å². The van der Waals surface area contributed by atoms with Crippen molar-refractivity contribution in [1.82, 2.24) is 29.8 Å². The summed E-state index contributed by atoms with van der Waals surface area (Å²) in [7, 11) is 0. The van der Waals surface area contributed by atoms with Gasteiger partial charge in [0.15, 0.2) is 0 Å². The molecule has 26 heavy (non-hydrogen) atoms. The van der Waals surface area contributed by atoms with Gasteiger partial charge in [-0.2, -0.15) is 0 Å². The van der Waals surface area contributed by atoms with Gasteiger partial charge in [-0.3, -0.25) is 14.9 Å². The number of hydrogen-bond donors (Lipinski definition) is 2. The number of aromatic amines is 1. The van der Waals surface area contributed by atoms with Crippen LogP contribution in [0.4, 0.5) is 5.95 Å². The number of rotatable bonds is 3. The highest BCUT2D eigenvalue weighted by Gasteiger charge is 2.29. The fourth-order valence-corrected chi connectivity index (χ4v) is 3.13. The van der Waals surface area contributed by atoms with Crippen molar-refractivity contribution in [3.63, 3.8) is 0 Å². The standard InChI is InChI=1S/C17H17N7O2/c25-15(23-17-19-4-1-5-20-17)11-2-6-24(7-3-11)16(26)13-9-21-14-12(13)8-18-10-22-14/h1,4-5,8-11H,2-3,6-7H2,(H,18,21,22)(H,19,20,23,25). The molecule has 0 saturated carbocycles. The van der Waals surface area contributed by atoms with Crippen molar-refractivity contribution in [3.05, 3.63) is 42.7 Å². The lowest BCUT2D eigenvalue weighted by Crippen LogP contribution is -2.41. The average Bonchev–Trinajstić information content (AvgIpc) is 3.12. The first-order valence-corrected chi connectivity index (χ1v) is 8.36. The molecule has 0 unspecified atom stereocenters. The van der Waals surface area contributed by atoms with Gasteiger partial charge in [-0.1, -0.05) is 0 Å². The van der Waals surface area contributed by atoms with Crippen molar-refractivity contribution in [1.29, 1.82) is 0 Å². The molecule has 9 heteroatoms. The van der Waals surface area contributed by atoms with Gasteiger partial charge < -0.3 is 9.88 Å². The van der Waals surface area contributed by atoms with E-state index in [2.05, 4.69) is 30.2 Å². The largest absolute Gasteiger partial charge is 0.345 e. The fraction of sp³-hybridized carbons (Fsp3) is 0.294. The smallest absolute Gasteiger partial charge is 0.256 e. The molecule has 1 aliphatic heterocycles. The Morgan fingerprint density at radius 1 is 1.15 bits per heavy atom. The number of aromatic nitrogens is 5. The summed E-state index contributed by atoms with van der Waals surface area (Å²) in [5, 5.41) is 3.43. The summed E-state index contributed by atoms with van der Waals surface area (Å²) in [6.07, 6.45) is 9.09. The maximum absolute atomic E-state index is 12.8. The van der Waals surface area contributed by atoms with Gasteiger partial charge in [0.25, 0.3) is 5.91 Å². The lowest BCUT2D eigenvalue weighted by atomic mass is 9.95. The van der Waals surface area contributed by atoms with Crippen molar-refractivity contribution in [2.45, 2.75) is 12.8 Å². The minimum Gasteiger partial charge on any atom is -0.345 e. The highest BCUT2D eigenvalue weighted by atomic mass is 16.2. The Kier molecular flexibility index (Phi) is 4.26. The van der Waals surface area contributed by atoms with Gasteiger partial charge in [-0.05, 0) is 18.9 Å². The monoisotopic (exact) mass is 351 g/mol. The quantitative estimate of drug-likeness (QED) is 0.733. The van der Waals surface area contributed by atoms with E-state index in [-0.39, 0.29) is 17.7 Å². The molecule has 132 valence electrons. The second-order valence-electron chi connectivity index (χ2n) is 6.12. The summed E-state index contributed by atoms with van der Waals surface area (Å²) in [4.78, 5) is 45.9. The van der Waals surface area contributed by atoms with E-state index < -0.39 is 0 Å². The van der Waals surface area contributed by atoms with Crippen LogP contribution in [-0.2, 0) is 4.79 Å². The topological polar surface area (TPSA) is 117 Å². The molecule has 0 atom stereocenters. The van der Waals surface area contributed by atoms with Crippen LogP contribution in [0.5, 0.6) is 0 Å². The predicted molar refractivity (Wildman–Crippen MR) is 93.2 cm³/mol. The Labute approximate surface area is 148 Å². The van der Waals surface area contributed by atoms with Crippen LogP contribution in [0, 0.1) is 5.92 Å². The molecular weight excluding hydrogens is 334 g/mol. The number of hydrogen-bond acceptors (Lipinski definition) is 6. The maximum Gasteiger partial charge on any atom is 0.256 e. The number of fused-ring (bicyclic) bond motifs is 1. The van der Waals surface area contributed by atoms with Crippen molar-refractivity contribution in [2.24, 2.45) is 5.92 Å². The third-order valence-corrected chi connectivity index (χ3v) is 4.54. The number of piperidine rings is 1. The van der Waals surface area contributed by atoms with Crippen LogP contribution in [-0.4, -0.2) is 54.7 Å². The van der Waals surface area contributed by atoms with Crippen LogP contribution in [0.1, 0.15) is 23.2 Å². The molecule has 9 nitrogen and oxygen atoms in total. The number of H-pyrrole nitrogens is 1. The molecule has 4 rings (SSSR count). The molecule has 1 aliphatic rings. The third-order valence-electron chi connectivity index (χ3n) is 4.54. The zero-order valence-corrected chi connectivity index (χ0v) is 13.9. The van der Waals surface area contributed by atoms with E-state index in [9.17, 15) is 9.59 Å². The lowest BCUT2D eigenvalue weighted by Gasteiger charge is -2.31. The first-order chi connectivity index (χ1) is 12.7. The van der Waals surface area contributed by atoms with Crippen molar-refractivity contribution < 1.29 is 9.59 Å². The molecule has 1 saturated heterocycles. The van der Waals surface area contributed by atoms with Crippen molar-refractivity contribution in [3.8, 4) is 0 Å². The van der Waals surface area contributed by atoms with Gasteiger partial charge in [-0.15, -0.1) is 0 Å². The molecule has 3 aromatic rings. The van der Waals surface area contributed by atoms with E-state index in [4.69, 9.17) is 0 Å². The Hall–Kier alpha value is -3.36. The lowest BCUT2D eigenvalue weighted by molar-refractivity contribution is -0.121. The van der Waals surface area contributed by atoms with Gasteiger partial charge >= 0.3 is 0 Å². The van der Waals surface area contributed by atoms with Crippen LogP contribution in [0.2, 0.25) is 0 Å². The molecule has 0 aromatic carbocycles. The molecule has 2 N–H and O–H groups in total. The van der Waals surface area contributed by atoms with Crippen LogP contribution in [0.25, 0.3) is 11.0 Å². The van der Waals surface area contributed by atoms with E-state index >= 15 is 0 Å². The van der Waals surface area contributed by atoms with E-state index in [0.29, 0.717) is 48.5 Å². The number of carbonyl (C=O) groups is 2. The van der Waals surface area contributed by atoms with Gasteiger partial charge in [0.2, 0.25) is 11.9 Å². The molecule has 0 aliphatic carbocycles. The SMILES string of the molecule is O=C(Nc1ncccn1)C1CCN(C(=O)c2c[nH]c3ncncc23)CC1. The Bertz CT molecular complexity index is 932. The van der Waals surface area contributed by atoms with E-state index in [0.717, 1.165) is 0 Å². The highest BCUT2D eigenvalue weighted by molar-refractivity contribution is 6.05. The summed E-state index contributed by atoms with van der Waals surface area (Å²) in [5.74, 6) is -0.0379. The average molecular weight is 351 g/mol. The Morgan fingerprint density at radius 3 is 2.69 bits per heavy atom. The number of nitrogens with zero attached hydrogens (tertiary/aromatic N) is 5. The van der Waals surface area contributed by atoms with Crippen LogP contribution in [0.15, 0.2) is 37.2 Å². The number of amides is 2. The molecular formula is C17H17N7O2. The summed E-state index contributed by atoms with van der Waals surface area (Å²) >= 11 is 0. The number of anilines is 1. The highest BCUT2D eigenvalue weighted by Crippen LogP contribution is 2.22. The second kappa shape index (κ2) is 6.87. The van der Waals surface area contributed by atoms with Gasteiger partial charge in [0, 0.05) is 49.2 Å². The minimum atomic E-state index is -0.158. The normalized spacial score (nSPS) is 15.2. The summed E-state index contributed by atoms with van der Waals surface area (Å²) in [6.45, 7) is 1.04. The van der Waals surface area contributed by atoms with E-state index in [1.165, 1.54) is 6.33 Å². The molecule has 3 aromatic heterocycles. The molecule has 0 bridgehead atoms. The number of nitrogens with one attached hydrogen (secondary N) is 2. The van der Waals surface area contributed by atoms with Crippen molar-refractivity contribution in [2.75, 3.05) is 18.4 Å². The first-order valence-electron chi connectivity index (χ1n) is 8.36. The zero-order valence-electron chi connectivity index (χ0n) is 13.9. The number of carbonyl (C=O) groups excluding carboxylic acids is 2. The van der Waals surface area contributed by atoms with Gasteiger partial charge in [0.05, 0.1) is 5.56 Å². The van der Waals surface area contributed by atoms with E-state index in [1.54, 1.807) is 35.8 Å². The van der Waals surface area contributed by atoms with Crippen molar-refractivity contribution >= 4 is 28.8 Å². The van der Waals surface area contributed by atoms with E-state index in [1.807, 2.05) is 0 Å². The molecule has 2 amide bonds. The predicted octanol–water partition coefficient (Wildman–Crippen LogP) is 1.24. The molecule has 0 spiro atoms. The molecule has 0 radical (unpaired) electrons. The zero-order chi connectivity index (χ0) is 17.9. The summed E-state index contributed by atoms with van der Waals surface area (Å²) in [5.41, 5.74) is 1.20. The Morgan fingerprint density at radius 2 is 1.92 bits per heavy atom. The molecule has 1 fully saturated rings. The Balaban J connectivity index is 1.39. The number of likely N-dealkylation sites (tertiary alicyclic amines) is 1. The minimum absolute atomic E-state index is 0.0729. The van der Waals surface area contributed by atoms with Gasteiger partial charge in [0.1, 0.15) is 12.0 Å². The second-order valence-corrected chi connectivity index (χ2v) is 6.12. The van der Waals surface area contributed by atoms with Crippen LogP contribution < -0.4 is 5.32 Å². The summed E-state index contributed by atoms with van der Waals surface area (Å²) < 4.78 is 0. The fourth-order valence-electron chi connectivity index (χ4n) is 3.13. The summed E-state index contributed by atoms with van der Waals surface area (Å²) in [6, 6.07) is 1.69. The first kappa shape index (κ1) is 16.1. The molecule has 4 heterocycles.